The summed E-state index contributed by atoms with van der Waals surface area (Å²) < 4.78 is 7.21. The van der Waals surface area contributed by atoms with Crippen molar-refractivity contribution >= 4 is 17.0 Å². The van der Waals surface area contributed by atoms with Gasteiger partial charge in [0.1, 0.15) is 16.8 Å². The van der Waals surface area contributed by atoms with E-state index in [0.29, 0.717) is 17.3 Å². The molecule has 0 radical (unpaired) electrons. The Hall–Kier alpha value is -2.93. The largest absolute Gasteiger partial charge is 0.494 e. The van der Waals surface area contributed by atoms with Gasteiger partial charge in [-0.05, 0) is 41.3 Å². The lowest BCUT2D eigenvalue weighted by Gasteiger charge is -2.20. The average Bonchev–Trinajstić information content (AvgIpc) is 3.05. The molecule has 3 rings (SSSR count). The van der Waals surface area contributed by atoms with Crippen molar-refractivity contribution < 1.29 is 14.6 Å². The quantitative estimate of drug-likeness (QED) is 0.607. The van der Waals surface area contributed by atoms with Crippen molar-refractivity contribution in [3.63, 3.8) is 0 Å². The Bertz CT molecular complexity index is 1030. The number of nitrogens with zero attached hydrogens (tertiary/aromatic N) is 3. The number of aromatic nitrogens is 3. The van der Waals surface area contributed by atoms with Crippen molar-refractivity contribution in [2.75, 3.05) is 7.11 Å². The van der Waals surface area contributed by atoms with Crippen LogP contribution in [0, 0.1) is 6.92 Å². The second-order valence-electron chi connectivity index (χ2n) is 7.68. The number of aryl methyl sites for hydroxylation is 2. The smallest absolute Gasteiger partial charge is 0.304 e. The highest BCUT2D eigenvalue weighted by atomic mass is 16.5. The van der Waals surface area contributed by atoms with E-state index in [0.717, 1.165) is 23.2 Å². The van der Waals surface area contributed by atoms with E-state index in [-0.39, 0.29) is 12.3 Å². The molecule has 0 aliphatic carbocycles. The van der Waals surface area contributed by atoms with Crippen LogP contribution in [0.25, 0.3) is 11.0 Å². The van der Waals surface area contributed by atoms with Crippen LogP contribution in [0.1, 0.15) is 48.4 Å². The van der Waals surface area contributed by atoms with Crippen molar-refractivity contribution in [2.45, 2.75) is 45.7 Å². The maximum Gasteiger partial charge on any atom is 0.304 e. The molecule has 0 fully saturated rings. The second kappa shape index (κ2) is 8.61. The molecule has 0 aliphatic heterocycles. The summed E-state index contributed by atoms with van der Waals surface area (Å²) in [5, 5.41) is 21.3. The molecular formula is C22H28N4O3. The highest BCUT2D eigenvalue weighted by Crippen LogP contribution is 2.35. The van der Waals surface area contributed by atoms with Crippen LogP contribution in [-0.2, 0) is 18.4 Å². The second-order valence-corrected chi connectivity index (χ2v) is 7.68. The molecule has 1 heterocycles. The van der Waals surface area contributed by atoms with Gasteiger partial charge in [0.2, 0.25) is 0 Å². The van der Waals surface area contributed by atoms with Gasteiger partial charge in [-0.15, -0.1) is 5.10 Å². The number of ether oxygens (including phenoxy) is 1. The number of fused-ring (bicyclic) bond motifs is 1. The van der Waals surface area contributed by atoms with E-state index >= 15 is 0 Å². The standard InChI is InChI=1S/C22H28N4O3/c1-13(2)23-12-17-8-15(7-6-14(17)3)18(11-21(27)28)16-9-19-22(20(10-16)29-5)26(4)25-24-19/h6-10,13,18,23H,11-12H2,1-5H3,(H,27,28). The number of rotatable bonds is 8. The summed E-state index contributed by atoms with van der Waals surface area (Å²) >= 11 is 0. The summed E-state index contributed by atoms with van der Waals surface area (Å²) in [4.78, 5) is 11.7. The fraction of sp³-hybridized carbons (Fsp3) is 0.409. The van der Waals surface area contributed by atoms with E-state index in [1.54, 1.807) is 18.8 Å². The zero-order chi connectivity index (χ0) is 21.1. The summed E-state index contributed by atoms with van der Waals surface area (Å²) in [7, 11) is 3.40. The summed E-state index contributed by atoms with van der Waals surface area (Å²) in [6.45, 7) is 7.02. The molecule has 0 amide bonds. The molecule has 1 unspecified atom stereocenters. The summed E-state index contributed by atoms with van der Waals surface area (Å²) in [5.41, 5.74) is 5.63. The van der Waals surface area contributed by atoms with Crippen LogP contribution in [0.3, 0.4) is 0 Å². The van der Waals surface area contributed by atoms with Crippen molar-refractivity contribution in [1.82, 2.24) is 20.3 Å². The van der Waals surface area contributed by atoms with E-state index in [9.17, 15) is 9.90 Å². The molecule has 7 heteroatoms. The van der Waals surface area contributed by atoms with Gasteiger partial charge in [-0.2, -0.15) is 0 Å². The van der Waals surface area contributed by atoms with Crippen molar-refractivity contribution in [2.24, 2.45) is 7.05 Å². The summed E-state index contributed by atoms with van der Waals surface area (Å²) in [6.07, 6.45) is -0.0188. The van der Waals surface area contributed by atoms with Gasteiger partial charge in [0.25, 0.3) is 0 Å². The van der Waals surface area contributed by atoms with E-state index < -0.39 is 5.97 Å². The molecule has 3 aromatic rings. The molecule has 0 bridgehead atoms. The van der Waals surface area contributed by atoms with Gasteiger partial charge >= 0.3 is 5.97 Å². The summed E-state index contributed by atoms with van der Waals surface area (Å²) in [6, 6.07) is 10.3. The molecular weight excluding hydrogens is 368 g/mol. The van der Waals surface area contributed by atoms with Crippen LogP contribution in [-0.4, -0.2) is 39.2 Å². The van der Waals surface area contributed by atoms with Crippen molar-refractivity contribution in [3.05, 3.63) is 52.6 Å². The predicted octanol–water partition coefficient (Wildman–Crippen LogP) is 3.39. The zero-order valence-corrected chi connectivity index (χ0v) is 17.6. The lowest BCUT2D eigenvalue weighted by atomic mass is 9.86. The number of carboxylic acid groups (broad SMARTS) is 1. The van der Waals surface area contributed by atoms with E-state index in [1.807, 2.05) is 18.2 Å². The fourth-order valence-corrected chi connectivity index (χ4v) is 3.55. The molecule has 7 nitrogen and oxygen atoms in total. The molecule has 0 spiro atoms. The molecule has 0 aliphatic rings. The molecule has 1 atom stereocenters. The molecule has 29 heavy (non-hydrogen) atoms. The maximum absolute atomic E-state index is 11.7. The number of hydrogen-bond acceptors (Lipinski definition) is 5. The Labute approximate surface area is 170 Å². The molecule has 1 aromatic heterocycles. The van der Waals surface area contributed by atoms with E-state index in [1.165, 1.54) is 11.1 Å². The van der Waals surface area contributed by atoms with Crippen LogP contribution in [0.4, 0.5) is 0 Å². The number of methoxy groups -OCH3 is 1. The molecule has 0 saturated heterocycles. The van der Waals surface area contributed by atoms with Gasteiger partial charge in [0.15, 0.2) is 0 Å². The lowest BCUT2D eigenvalue weighted by Crippen LogP contribution is -2.22. The monoisotopic (exact) mass is 396 g/mol. The third kappa shape index (κ3) is 4.56. The summed E-state index contributed by atoms with van der Waals surface area (Å²) in [5.74, 6) is -0.531. The molecule has 0 saturated carbocycles. The first kappa shape index (κ1) is 20.8. The van der Waals surface area contributed by atoms with Gasteiger partial charge in [0, 0.05) is 25.6 Å². The third-order valence-corrected chi connectivity index (χ3v) is 5.16. The number of aliphatic carboxylic acids is 1. The topological polar surface area (TPSA) is 89.3 Å². The van der Waals surface area contributed by atoms with Crippen LogP contribution in [0.15, 0.2) is 30.3 Å². The number of carbonyl (C=O) groups is 1. The van der Waals surface area contributed by atoms with Crippen LogP contribution < -0.4 is 10.1 Å². The van der Waals surface area contributed by atoms with Crippen molar-refractivity contribution in [3.8, 4) is 5.75 Å². The predicted molar refractivity (Wildman–Crippen MR) is 112 cm³/mol. The minimum atomic E-state index is -0.851. The van der Waals surface area contributed by atoms with Gasteiger partial charge in [-0.3, -0.25) is 4.79 Å². The van der Waals surface area contributed by atoms with Gasteiger partial charge in [-0.1, -0.05) is 37.3 Å². The average molecular weight is 396 g/mol. The lowest BCUT2D eigenvalue weighted by molar-refractivity contribution is -0.137. The van der Waals surface area contributed by atoms with E-state index in [4.69, 9.17) is 4.74 Å². The molecule has 2 N–H and O–H groups in total. The van der Waals surface area contributed by atoms with Crippen LogP contribution in [0.5, 0.6) is 5.75 Å². The first-order chi connectivity index (χ1) is 13.8. The number of nitrogens with one attached hydrogen (secondary N) is 1. The Morgan fingerprint density at radius 2 is 2.00 bits per heavy atom. The minimum absolute atomic E-state index is 0.0188. The normalized spacial score (nSPS) is 12.5. The third-order valence-electron chi connectivity index (χ3n) is 5.16. The fourth-order valence-electron chi connectivity index (χ4n) is 3.55. The highest BCUT2D eigenvalue weighted by molar-refractivity contribution is 5.83. The Morgan fingerprint density at radius 1 is 1.24 bits per heavy atom. The first-order valence-corrected chi connectivity index (χ1v) is 9.72. The SMILES string of the molecule is COc1cc(C(CC(=O)O)c2ccc(C)c(CNC(C)C)c2)cc2nnn(C)c12. The van der Waals surface area contributed by atoms with E-state index in [2.05, 4.69) is 48.5 Å². The molecule has 154 valence electrons. The zero-order valence-electron chi connectivity index (χ0n) is 17.6. The van der Waals surface area contributed by atoms with Crippen LogP contribution in [0.2, 0.25) is 0 Å². The Kier molecular flexibility index (Phi) is 6.17. The maximum atomic E-state index is 11.7. The number of benzene rings is 2. The number of hydrogen-bond donors (Lipinski definition) is 2. The van der Waals surface area contributed by atoms with Gasteiger partial charge in [0.05, 0.1) is 13.5 Å². The Balaban J connectivity index is 2.08. The van der Waals surface area contributed by atoms with Crippen molar-refractivity contribution in [1.29, 1.82) is 0 Å². The van der Waals surface area contributed by atoms with Crippen LogP contribution >= 0.6 is 0 Å². The van der Waals surface area contributed by atoms with Gasteiger partial charge in [-0.25, -0.2) is 4.68 Å². The first-order valence-electron chi connectivity index (χ1n) is 9.72. The minimum Gasteiger partial charge on any atom is -0.494 e. The Morgan fingerprint density at radius 3 is 2.66 bits per heavy atom. The number of carboxylic acids is 1. The molecule has 2 aromatic carbocycles. The van der Waals surface area contributed by atoms with Gasteiger partial charge < -0.3 is 15.2 Å². The highest BCUT2D eigenvalue weighted by Gasteiger charge is 2.22.